The van der Waals surface area contributed by atoms with Crippen molar-refractivity contribution in [3.05, 3.63) is 99.1 Å². The standard InChI is InChI=1S/C27H25ClN2O6S/c1-16-11-17(2)13-20(12-16)30-18(3)25(27(32)35-4)24(26(30)31)14-21-7-8-22(36-21)15-29-37(33,34)23-9-5-19(28)6-10-23/h5-14,29H,15H2,1-4H3/b24-14+. The summed E-state index contributed by atoms with van der Waals surface area (Å²) in [5.74, 6) is -0.447. The number of benzene rings is 2. The highest BCUT2D eigenvalue weighted by molar-refractivity contribution is 7.89. The predicted molar refractivity (Wildman–Crippen MR) is 140 cm³/mol. The van der Waals surface area contributed by atoms with E-state index < -0.39 is 21.9 Å². The van der Waals surface area contributed by atoms with E-state index in [1.54, 1.807) is 19.1 Å². The maximum absolute atomic E-state index is 13.5. The van der Waals surface area contributed by atoms with Crippen LogP contribution in [0.5, 0.6) is 0 Å². The molecule has 0 bridgehead atoms. The zero-order valence-corrected chi connectivity index (χ0v) is 22.2. The number of sulfonamides is 1. The first-order valence-electron chi connectivity index (χ1n) is 11.3. The van der Waals surface area contributed by atoms with Crippen LogP contribution in [0.15, 0.2) is 80.8 Å². The van der Waals surface area contributed by atoms with Gasteiger partial charge in [0.1, 0.15) is 11.5 Å². The Labute approximate surface area is 220 Å². The summed E-state index contributed by atoms with van der Waals surface area (Å²) in [5.41, 5.74) is 3.28. The van der Waals surface area contributed by atoms with Gasteiger partial charge >= 0.3 is 5.97 Å². The van der Waals surface area contributed by atoms with E-state index in [1.165, 1.54) is 42.4 Å². The summed E-state index contributed by atoms with van der Waals surface area (Å²) >= 11 is 5.83. The van der Waals surface area contributed by atoms with Crippen LogP contribution in [0.1, 0.15) is 29.6 Å². The van der Waals surface area contributed by atoms with Gasteiger partial charge in [-0.1, -0.05) is 17.7 Å². The second-order valence-electron chi connectivity index (χ2n) is 8.58. The molecule has 3 aromatic rings. The van der Waals surface area contributed by atoms with Crippen molar-refractivity contribution in [2.45, 2.75) is 32.2 Å². The Kier molecular flexibility index (Phi) is 7.40. The van der Waals surface area contributed by atoms with Crippen molar-refractivity contribution in [1.82, 2.24) is 4.72 Å². The van der Waals surface area contributed by atoms with E-state index >= 15 is 0 Å². The fraction of sp³-hybridized carbons (Fsp3) is 0.185. The molecular weight excluding hydrogens is 516 g/mol. The molecule has 0 atom stereocenters. The Hall–Kier alpha value is -3.66. The summed E-state index contributed by atoms with van der Waals surface area (Å²) < 4.78 is 38.2. The van der Waals surface area contributed by atoms with Gasteiger partial charge in [-0.15, -0.1) is 0 Å². The van der Waals surface area contributed by atoms with Crippen molar-refractivity contribution in [2.24, 2.45) is 0 Å². The number of furan rings is 1. The van der Waals surface area contributed by atoms with Gasteiger partial charge in [0.25, 0.3) is 5.91 Å². The van der Waals surface area contributed by atoms with E-state index in [0.29, 0.717) is 22.2 Å². The molecule has 10 heteroatoms. The van der Waals surface area contributed by atoms with Crippen LogP contribution in [0, 0.1) is 13.8 Å². The first kappa shape index (κ1) is 26.4. The van der Waals surface area contributed by atoms with E-state index in [2.05, 4.69) is 4.72 Å². The number of ether oxygens (including phenoxy) is 1. The van der Waals surface area contributed by atoms with Gasteiger partial charge in [-0.3, -0.25) is 9.69 Å². The largest absolute Gasteiger partial charge is 0.465 e. The molecule has 2 heterocycles. The number of nitrogens with one attached hydrogen (secondary N) is 1. The quantitative estimate of drug-likeness (QED) is 0.337. The molecule has 0 unspecified atom stereocenters. The number of rotatable bonds is 7. The summed E-state index contributed by atoms with van der Waals surface area (Å²) in [5, 5.41) is 0.427. The molecule has 0 spiro atoms. The van der Waals surface area contributed by atoms with Crippen LogP contribution in [0.4, 0.5) is 5.69 Å². The van der Waals surface area contributed by atoms with Crippen LogP contribution in [0.2, 0.25) is 5.02 Å². The zero-order valence-electron chi connectivity index (χ0n) is 20.7. The number of amides is 1. The number of carbonyl (C=O) groups is 2. The average molecular weight is 541 g/mol. The fourth-order valence-corrected chi connectivity index (χ4v) is 5.26. The Balaban J connectivity index is 1.61. The van der Waals surface area contributed by atoms with E-state index in [1.807, 2.05) is 32.0 Å². The first-order valence-corrected chi connectivity index (χ1v) is 13.1. The number of allylic oxidation sites excluding steroid dienone is 1. The highest BCUT2D eigenvalue weighted by Crippen LogP contribution is 2.36. The number of nitrogens with zero attached hydrogens (tertiary/aromatic N) is 1. The normalized spacial score (nSPS) is 15.1. The lowest BCUT2D eigenvalue weighted by Crippen LogP contribution is -2.24. The Morgan fingerprint density at radius 3 is 2.32 bits per heavy atom. The number of hydrogen-bond acceptors (Lipinski definition) is 6. The minimum atomic E-state index is -3.79. The molecule has 1 N–H and O–H groups in total. The maximum Gasteiger partial charge on any atom is 0.340 e. The van der Waals surface area contributed by atoms with Gasteiger partial charge in [-0.05, 0) is 86.5 Å². The van der Waals surface area contributed by atoms with Gasteiger partial charge in [0.2, 0.25) is 10.0 Å². The topological polar surface area (TPSA) is 106 Å². The monoisotopic (exact) mass is 540 g/mol. The zero-order chi connectivity index (χ0) is 26.9. The van der Waals surface area contributed by atoms with Crippen LogP contribution in [0.3, 0.4) is 0 Å². The summed E-state index contributed by atoms with van der Waals surface area (Å²) in [6.45, 7) is 5.43. The summed E-state index contributed by atoms with van der Waals surface area (Å²) in [6, 6.07) is 14.7. The molecule has 0 saturated carbocycles. The SMILES string of the molecule is COC(=O)C1=C(C)N(c2cc(C)cc(C)c2)C(=O)/C1=C/c1ccc(CNS(=O)(=O)c2ccc(Cl)cc2)o1. The van der Waals surface area contributed by atoms with Gasteiger partial charge in [-0.25, -0.2) is 17.9 Å². The second-order valence-corrected chi connectivity index (χ2v) is 10.8. The van der Waals surface area contributed by atoms with E-state index in [9.17, 15) is 18.0 Å². The number of methoxy groups -OCH3 is 1. The van der Waals surface area contributed by atoms with Gasteiger partial charge < -0.3 is 9.15 Å². The molecule has 192 valence electrons. The molecular formula is C27H25ClN2O6S. The molecule has 0 radical (unpaired) electrons. The molecule has 1 aliphatic rings. The van der Waals surface area contributed by atoms with Crippen LogP contribution >= 0.6 is 11.6 Å². The molecule has 37 heavy (non-hydrogen) atoms. The molecule has 0 fully saturated rings. The van der Waals surface area contributed by atoms with E-state index in [-0.39, 0.29) is 28.3 Å². The third-order valence-corrected chi connectivity index (χ3v) is 7.45. The Morgan fingerprint density at radius 2 is 1.70 bits per heavy atom. The number of anilines is 1. The number of halogens is 1. The van der Waals surface area contributed by atoms with Crippen LogP contribution < -0.4 is 9.62 Å². The Morgan fingerprint density at radius 1 is 1.05 bits per heavy atom. The van der Waals surface area contributed by atoms with Crippen molar-refractivity contribution in [2.75, 3.05) is 12.0 Å². The number of carbonyl (C=O) groups excluding carboxylic acids is 2. The summed E-state index contributed by atoms with van der Waals surface area (Å²) in [4.78, 5) is 27.7. The molecule has 2 aromatic carbocycles. The third-order valence-electron chi connectivity index (χ3n) is 5.78. The Bertz CT molecular complexity index is 1530. The van der Waals surface area contributed by atoms with Gasteiger partial charge in [0.05, 0.1) is 29.7 Å². The van der Waals surface area contributed by atoms with Gasteiger partial charge in [-0.2, -0.15) is 0 Å². The lowest BCUT2D eigenvalue weighted by Gasteiger charge is -2.19. The maximum atomic E-state index is 13.5. The summed E-state index contributed by atoms with van der Waals surface area (Å²) in [6.07, 6.45) is 1.46. The highest BCUT2D eigenvalue weighted by Gasteiger charge is 2.38. The second kappa shape index (κ2) is 10.4. The minimum Gasteiger partial charge on any atom is -0.465 e. The van der Waals surface area contributed by atoms with Crippen molar-refractivity contribution in [3.63, 3.8) is 0 Å². The predicted octanol–water partition coefficient (Wildman–Crippen LogP) is 4.91. The molecule has 4 rings (SSSR count). The number of esters is 1. The molecule has 0 aliphatic carbocycles. The molecule has 1 aliphatic heterocycles. The van der Waals surface area contributed by atoms with Crippen molar-refractivity contribution < 1.29 is 27.2 Å². The van der Waals surface area contributed by atoms with Crippen molar-refractivity contribution in [3.8, 4) is 0 Å². The highest BCUT2D eigenvalue weighted by atomic mass is 35.5. The van der Waals surface area contributed by atoms with Crippen LogP contribution in [-0.2, 0) is 30.9 Å². The van der Waals surface area contributed by atoms with Crippen LogP contribution in [-0.4, -0.2) is 27.4 Å². The average Bonchev–Trinajstić information content (AvgIpc) is 3.38. The van der Waals surface area contributed by atoms with Crippen molar-refractivity contribution in [1.29, 1.82) is 0 Å². The van der Waals surface area contributed by atoms with Crippen LogP contribution in [0.25, 0.3) is 6.08 Å². The van der Waals surface area contributed by atoms with Gasteiger partial charge in [0.15, 0.2) is 0 Å². The van der Waals surface area contributed by atoms with Crippen molar-refractivity contribution >= 4 is 45.3 Å². The lowest BCUT2D eigenvalue weighted by atomic mass is 10.1. The molecule has 1 aromatic heterocycles. The van der Waals surface area contributed by atoms with E-state index in [0.717, 1.165) is 11.1 Å². The molecule has 0 saturated heterocycles. The molecule has 1 amide bonds. The first-order chi connectivity index (χ1) is 17.5. The third kappa shape index (κ3) is 5.53. The van der Waals surface area contributed by atoms with E-state index in [4.69, 9.17) is 20.8 Å². The summed E-state index contributed by atoms with van der Waals surface area (Å²) in [7, 11) is -2.53. The minimum absolute atomic E-state index is 0.0668. The smallest absolute Gasteiger partial charge is 0.340 e. The number of aryl methyl sites for hydroxylation is 2. The lowest BCUT2D eigenvalue weighted by molar-refractivity contribution is -0.136. The number of hydrogen-bond donors (Lipinski definition) is 1. The molecule has 8 nitrogen and oxygen atoms in total. The fourth-order valence-electron chi connectivity index (χ4n) is 4.14. The van der Waals surface area contributed by atoms with Gasteiger partial charge in [0, 0.05) is 16.4 Å².